The first-order chi connectivity index (χ1) is 18.7. The molecule has 0 saturated carbocycles. The zero-order valence-corrected chi connectivity index (χ0v) is 23.9. The summed E-state index contributed by atoms with van der Waals surface area (Å²) in [6, 6.07) is 4.50. The fraction of sp³-hybridized carbons (Fsp3) is 0.500. The second-order valence-electron chi connectivity index (χ2n) is 11.5. The number of alkyl halides is 3. The van der Waals surface area contributed by atoms with Gasteiger partial charge in [0.1, 0.15) is 11.6 Å². The lowest BCUT2D eigenvalue weighted by molar-refractivity contribution is -0.137. The number of halogens is 4. The van der Waals surface area contributed by atoms with Gasteiger partial charge in [-0.15, -0.1) is 0 Å². The highest BCUT2D eigenvalue weighted by molar-refractivity contribution is 6.31. The van der Waals surface area contributed by atoms with Crippen LogP contribution in [-0.2, 0) is 24.6 Å². The fourth-order valence-corrected chi connectivity index (χ4v) is 5.64. The first-order valence-corrected chi connectivity index (χ1v) is 13.6. The van der Waals surface area contributed by atoms with Crippen LogP contribution in [0.1, 0.15) is 66.5 Å². The van der Waals surface area contributed by atoms with Gasteiger partial charge in [0.05, 0.1) is 22.5 Å². The van der Waals surface area contributed by atoms with E-state index in [-0.39, 0.29) is 46.4 Å². The van der Waals surface area contributed by atoms with Crippen molar-refractivity contribution in [2.45, 2.75) is 65.2 Å². The van der Waals surface area contributed by atoms with Crippen LogP contribution in [0.4, 0.5) is 24.7 Å². The van der Waals surface area contributed by atoms with Gasteiger partial charge in [-0.05, 0) is 31.5 Å². The Labute approximate surface area is 236 Å². The van der Waals surface area contributed by atoms with Gasteiger partial charge in [0.2, 0.25) is 0 Å². The van der Waals surface area contributed by atoms with E-state index in [0.29, 0.717) is 37.6 Å². The van der Waals surface area contributed by atoms with Crippen LogP contribution < -0.4 is 9.80 Å². The van der Waals surface area contributed by atoms with Crippen LogP contribution in [0.25, 0.3) is 0 Å². The molecule has 40 heavy (non-hydrogen) atoms. The average Bonchev–Trinajstić information content (AvgIpc) is 3.34. The van der Waals surface area contributed by atoms with E-state index in [4.69, 9.17) is 16.1 Å². The summed E-state index contributed by atoms with van der Waals surface area (Å²) in [5.74, 6) is 1.44. The maximum atomic E-state index is 14.6. The lowest BCUT2D eigenvalue weighted by atomic mass is 9.93. The minimum atomic E-state index is -4.70. The topological polar surface area (TPSA) is 78.6 Å². The van der Waals surface area contributed by atoms with Crippen molar-refractivity contribution in [3.63, 3.8) is 0 Å². The summed E-state index contributed by atoms with van der Waals surface area (Å²) >= 11 is 6.37. The summed E-state index contributed by atoms with van der Waals surface area (Å²) in [6.45, 7) is 11.6. The van der Waals surface area contributed by atoms with Crippen molar-refractivity contribution in [3.05, 3.63) is 63.4 Å². The molecule has 0 N–H and O–H groups in total. The van der Waals surface area contributed by atoms with Gasteiger partial charge >= 0.3 is 6.18 Å². The van der Waals surface area contributed by atoms with Crippen LogP contribution >= 0.6 is 11.6 Å². The Morgan fingerprint density at radius 1 is 1.12 bits per heavy atom. The van der Waals surface area contributed by atoms with E-state index in [0.717, 1.165) is 16.5 Å². The number of benzene rings is 1. The van der Waals surface area contributed by atoms with Crippen molar-refractivity contribution in [2.75, 3.05) is 36.0 Å². The van der Waals surface area contributed by atoms with Gasteiger partial charge < -0.3 is 14.3 Å². The largest absolute Gasteiger partial charge is 0.418 e. The number of piperazine rings is 1. The number of carbonyl (C=O) groups excluding carboxylic acids is 1. The summed E-state index contributed by atoms with van der Waals surface area (Å²) in [5, 5.41) is 4.37. The van der Waals surface area contributed by atoms with E-state index in [1.54, 1.807) is 6.92 Å². The Balaban J connectivity index is 1.41. The van der Waals surface area contributed by atoms with Crippen molar-refractivity contribution >= 4 is 29.0 Å². The molecule has 2 aliphatic heterocycles. The number of hydrogen-bond acceptors (Lipinski definition) is 7. The number of anilines is 2. The predicted octanol–water partition coefficient (Wildman–Crippen LogP) is 5.66. The molecule has 1 aromatic carbocycles. The van der Waals surface area contributed by atoms with E-state index < -0.39 is 17.6 Å². The number of rotatable bonds is 4. The van der Waals surface area contributed by atoms with Gasteiger partial charge in [-0.25, -0.2) is 9.97 Å². The van der Waals surface area contributed by atoms with Gasteiger partial charge in [0.25, 0.3) is 5.91 Å². The highest BCUT2D eigenvalue weighted by atomic mass is 35.5. The highest BCUT2D eigenvalue weighted by Gasteiger charge is 2.41. The lowest BCUT2D eigenvalue weighted by Crippen LogP contribution is -2.52. The molecule has 2 aromatic heterocycles. The van der Waals surface area contributed by atoms with Crippen molar-refractivity contribution in [1.82, 2.24) is 20.0 Å². The molecule has 12 heteroatoms. The second kappa shape index (κ2) is 10.3. The number of nitrogens with zero attached hydrogens (tertiary/aromatic N) is 6. The van der Waals surface area contributed by atoms with Gasteiger partial charge in [-0.1, -0.05) is 37.5 Å². The molecular formula is C28H32ClF3N6O2. The van der Waals surface area contributed by atoms with Crippen LogP contribution in [-0.4, -0.2) is 58.2 Å². The number of hydrogen-bond donors (Lipinski definition) is 0. The number of fused-ring (bicyclic) bond motifs is 1. The van der Waals surface area contributed by atoms with E-state index in [2.05, 4.69) is 20.0 Å². The van der Waals surface area contributed by atoms with Gasteiger partial charge in [0, 0.05) is 67.9 Å². The molecule has 1 fully saturated rings. The molecule has 0 radical (unpaired) electrons. The Hall–Kier alpha value is -3.18. The quantitative estimate of drug-likeness (QED) is 0.397. The zero-order valence-electron chi connectivity index (χ0n) is 23.1. The summed E-state index contributed by atoms with van der Waals surface area (Å²) in [4.78, 5) is 26.9. The monoisotopic (exact) mass is 576 g/mol. The van der Waals surface area contributed by atoms with Gasteiger partial charge in [0.15, 0.2) is 5.82 Å². The maximum absolute atomic E-state index is 14.6. The minimum Gasteiger partial charge on any atom is -0.359 e. The molecule has 8 nitrogen and oxygen atoms in total. The molecule has 0 aliphatic carbocycles. The SMILES string of the molecule is Cc1ncc2c(n1)CCN(c1cc(Cl)cc(CN3CCN(c4cc(C(C)(C)C)on4)C(C)C3)c1C(F)(F)F)C2=O. The Morgan fingerprint density at radius 2 is 1.88 bits per heavy atom. The van der Waals surface area contributed by atoms with Crippen molar-refractivity contribution in [1.29, 1.82) is 0 Å². The third-order valence-electron chi connectivity index (χ3n) is 7.41. The average molecular weight is 577 g/mol. The molecule has 1 amide bonds. The fourth-order valence-electron chi connectivity index (χ4n) is 5.41. The second-order valence-corrected chi connectivity index (χ2v) is 12.0. The van der Waals surface area contributed by atoms with Crippen molar-refractivity contribution in [2.24, 2.45) is 0 Å². The molecule has 3 aromatic rings. The van der Waals surface area contributed by atoms with E-state index in [1.165, 1.54) is 18.3 Å². The van der Waals surface area contributed by atoms with Crippen molar-refractivity contribution < 1.29 is 22.5 Å². The first kappa shape index (κ1) is 28.4. The predicted molar refractivity (Wildman–Crippen MR) is 146 cm³/mol. The number of carbonyl (C=O) groups is 1. The molecule has 2 aliphatic rings. The molecule has 4 heterocycles. The van der Waals surface area contributed by atoms with Crippen LogP contribution in [0.15, 0.2) is 28.9 Å². The number of aryl methyl sites for hydroxylation is 1. The molecule has 5 rings (SSSR count). The third-order valence-corrected chi connectivity index (χ3v) is 7.63. The van der Waals surface area contributed by atoms with Crippen LogP contribution in [0.3, 0.4) is 0 Å². The Bertz CT molecular complexity index is 1430. The van der Waals surface area contributed by atoms with E-state index in [1.807, 2.05) is 38.7 Å². The van der Waals surface area contributed by atoms with Crippen LogP contribution in [0.5, 0.6) is 0 Å². The molecular weight excluding hydrogens is 545 g/mol. The highest BCUT2D eigenvalue weighted by Crippen LogP contribution is 2.43. The van der Waals surface area contributed by atoms with Crippen molar-refractivity contribution in [3.8, 4) is 0 Å². The maximum Gasteiger partial charge on any atom is 0.418 e. The summed E-state index contributed by atoms with van der Waals surface area (Å²) in [5.41, 5.74) is -0.487. The standard InChI is InChI=1S/C28H32ClF3N6O2/c1-16-14-36(8-9-37(16)24-12-23(40-35-24)27(3,4)5)15-18-10-19(29)11-22(25(18)28(30,31)32)38-7-6-21-20(26(38)39)13-33-17(2)34-21/h10-13,16H,6-9,14-15H2,1-5H3. The Morgan fingerprint density at radius 3 is 2.52 bits per heavy atom. The molecule has 1 atom stereocenters. The molecule has 1 unspecified atom stereocenters. The third kappa shape index (κ3) is 5.54. The number of amides is 1. The molecule has 0 spiro atoms. The molecule has 214 valence electrons. The summed E-state index contributed by atoms with van der Waals surface area (Å²) in [7, 11) is 0. The van der Waals surface area contributed by atoms with E-state index >= 15 is 0 Å². The zero-order chi connectivity index (χ0) is 29.0. The molecule has 0 bridgehead atoms. The van der Waals surface area contributed by atoms with Crippen LogP contribution in [0.2, 0.25) is 5.02 Å². The first-order valence-electron chi connectivity index (χ1n) is 13.2. The van der Waals surface area contributed by atoms with E-state index in [9.17, 15) is 18.0 Å². The normalized spacial score (nSPS) is 18.8. The minimum absolute atomic E-state index is 0.0108. The molecule has 1 saturated heterocycles. The Kier molecular flexibility index (Phi) is 7.33. The van der Waals surface area contributed by atoms with Gasteiger partial charge in [-0.2, -0.15) is 13.2 Å². The summed E-state index contributed by atoms with van der Waals surface area (Å²) < 4.78 is 49.4. The van der Waals surface area contributed by atoms with Crippen LogP contribution in [0, 0.1) is 6.92 Å². The van der Waals surface area contributed by atoms with Gasteiger partial charge in [-0.3, -0.25) is 9.69 Å². The lowest BCUT2D eigenvalue weighted by Gasteiger charge is -2.40. The smallest absolute Gasteiger partial charge is 0.359 e. The summed E-state index contributed by atoms with van der Waals surface area (Å²) in [6.07, 6.45) is -3.00. The number of aromatic nitrogens is 3.